The number of aromatic nitrogens is 2. The highest BCUT2D eigenvalue weighted by atomic mass is 19.1. The Labute approximate surface area is 141 Å². The van der Waals surface area contributed by atoms with Gasteiger partial charge in [0, 0.05) is 31.9 Å². The lowest BCUT2D eigenvalue weighted by atomic mass is 10.0. The van der Waals surface area contributed by atoms with Gasteiger partial charge in [0.05, 0.1) is 19.0 Å². The van der Waals surface area contributed by atoms with Crippen molar-refractivity contribution in [2.24, 2.45) is 0 Å². The van der Waals surface area contributed by atoms with Gasteiger partial charge in [-0.2, -0.15) is 0 Å². The fourth-order valence-electron chi connectivity index (χ4n) is 3.04. The molecule has 0 spiro atoms. The van der Waals surface area contributed by atoms with E-state index in [-0.39, 0.29) is 17.5 Å². The van der Waals surface area contributed by atoms with E-state index in [9.17, 15) is 9.18 Å². The molecule has 6 heteroatoms. The summed E-state index contributed by atoms with van der Waals surface area (Å²) >= 11 is 0. The summed E-state index contributed by atoms with van der Waals surface area (Å²) in [5, 5.41) is 0. The maximum Gasteiger partial charge on any atom is 0.222 e. The molecule has 5 nitrogen and oxygen atoms in total. The Morgan fingerprint density at radius 1 is 1.38 bits per heavy atom. The molecular formula is C18H22FN3O2. The molecule has 128 valence electrons. The SMILES string of the molecule is O=C(CCCOc1ccccc1F)N1CCCC(n2ccnc2)C1. The number of imidazole rings is 1. The van der Waals surface area contributed by atoms with Gasteiger partial charge in [0.15, 0.2) is 11.6 Å². The van der Waals surface area contributed by atoms with E-state index < -0.39 is 0 Å². The first-order chi connectivity index (χ1) is 11.7. The Bertz CT molecular complexity index is 660. The van der Waals surface area contributed by atoms with Gasteiger partial charge in [0.2, 0.25) is 5.91 Å². The average Bonchev–Trinajstić information content (AvgIpc) is 3.15. The maximum atomic E-state index is 13.4. The third kappa shape index (κ3) is 4.13. The predicted molar refractivity (Wildman–Crippen MR) is 88.2 cm³/mol. The summed E-state index contributed by atoms with van der Waals surface area (Å²) in [4.78, 5) is 18.4. The molecule has 0 N–H and O–H groups in total. The second kappa shape index (κ2) is 7.95. The first kappa shape index (κ1) is 16.5. The lowest BCUT2D eigenvalue weighted by molar-refractivity contribution is -0.133. The first-order valence-electron chi connectivity index (χ1n) is 8.36. The largest absolute Gasteiger partial charge is 0.491 e. The second-order valence-electron chi connectivity index (χ2n) is 6.03. The Hall–Kier alpha value is -2.37. The lowest BCUT2D eigenvalue weighted by Crippen LogP contribution is -2.40. The van der Waals surface area contributed by atoms with E-state index in [1.807, 2.05) is 11.1 Å². The summed E-state index contributed by atoms with van der Waals surface area (Å²) in [5.74, 6) is 0.00285. The van der Waals surface area contributed by atoms with Gasteiger partial charge in [-0.25, -0.2) is 9.37 Å². The van der Waals surface area contributed by atoms with Crippen LogP contribution in [0.5, 0.6) is 5.75 Å². The summed E-state index contributed by atoms with van der Waals surface area (Å²) in [6.07, 6.45) is 8.59. The Morgan fingerprint density at radius 2 is 2.25 bits per heavy atom. The van der Waals surface area contributed by atoms with Crippen molar-refractivity contribution in [2.45, 2.75) is 31.7 Å². The molecule has 1 aliphatic heterocycles. The van der Waals surface area contributed by atoms with Gasteiger partial charge in [0.1, 0.15) is 0 Å². The minimum Gasteiger partial charge on any atom is -0.491 e. The van der Waals surface area contributed by atoms with Gasteiger partial charge >= 0.3 is 0 Å². The average molecular weight is 331 g/mol. The number of piperidine rings is 1. The molecule has 0 radical (unpaired) electrons. The van der Waals surface area contributed by atoms with E-state index in [0.29, 0.717) is 25.5 Å². The molecule has 2 aromatic rings. The van der Waals surface area contributed by atoms with Crippen LogP contribution in [0.1, 0.15) is 31.7 Å². The molecule has 2 heterocycles. The highest BCUT2D eigenvalue weighted by molar-refractivity contribution is 5.76. The van der Waals surface area contributed by atoms with Crippen LogP contribution in [0, 0.1) is 5.82 Å². The lowest BCUT2D eigenvalue weighted by Gasteiger charge is -2.33. The minimum atomic E-state index is -0.372. The number of carbonyl (C=O) groups is 1. The number of carbonyl (C=O) groups excluding carboxylic acids is 1. The molecule has 1 aromatic heterocycles. The Kier molecular flexibility index (Phi) is 5.46. The Balaban J connectivity index is 1.42. The van der Waals surface area contributed by atoms with Gasteiger partial charge in [0.25, 0.3) is 0 Å². The third-order valence-corrected chi connectivity index (χ3v) is 4.32. The molecule has 3 rings (SSSR count). The number of amides is 1. The summed E-state index contributed by atoms with van der Waals surface area (Å²) in [6.45, 7) is 1.87. The van der Waals surface area contributed by atoms with Gasteiger partial charge in [-0.1, -0.05) is 12.1 Å². The monoisotopic (exact) mass is 331 g/mol. The van der Waals surface area contributed by atoms with Crippen LogP contribution in [0.25, 0.3) is 0 Å². The van der Waals surface area contributed by atoms with E-state index in [4.69, 9.17) is 4.74 Å². The summed E-state index contributed by atoms with van der Waals surface area (Å²) in [5.41, 5.74) is 0. The summed E-state index contributed by atoms with van der Waals surface area (Å²) < 4.78 is 20.9. The molecule has 1 atom stereocenters. The molecule has 0 aliphatic carbocycles. The molecule has 1 aliphatic rings. The molecule has 0 bridgehead atoms. The van der Waals surface area contributed by atoms with Gasteiger partial charge in [-0.3, -0.25) is 4.79 Å². The number of hydrogen-bond acceptors (Lipinski definition) is 3. The van der Waals surface area contributed by atoms with Crippen LogP contribution in [0.3, 0.4) is 0 Å². The number of benzene rings is 1. The maximum absolute atomic E-state index is 13.4. The summed E-state index contributed by atoms with van der Waals surface area (Å²) in [6, 6.07) is 6.62. The third-order valence-electron chi connectivity index (χ3n) is 4.32. The number of likely N-dealkylation sites (tertiary alicyclic amines) is 1. The van der Waals surface area contributed by atoms with Gasteiger partial charge in [-0.05, 0) is 31.4 Å². The molecule has 1 fully saturated rings. The zero-order valence-corrected chi connectivity index (χ0v) is 13.6. The number of ether oxygens (including phenoxy) is 1. The zero-order valence-electron chi connectivity index (χ0n) is 13.6. The standard InChI is InChI=1S/C18H22FN3O2/c19-16-6-1-2-7-17(16)24-12-4-8-18(23)21-10-3-5-15(13-21)22-11-9-20-14-22/h1-2,6-7,9,11,14-15H,3-5,8,10,12-13H2. The van der Waals surface area contributed by atoms with Gasteiger partial charge < -0.3 is 14.2 Å². The van der Waals surface area contributed by atoms with Crippen LogP contribution < -0.4 is 4.74 Å². The highest BCUT2D eigenvalue weighted by Crippen LogP contribution is 2.22. The number of halogens is 1. The van der Waals surface area contributed by atoms with Gasteiger partial charge in [-0.15, -0.1) is 0 Å². The summed E-state index contributed by atoms with van der Waals surface area (Å²) in [7, 11) is 0. The minimum absolute atomic E-state index is 0.136. The second-order valence-corrected chi connectivity index (χ2v) is 6.03. The van der Waals surface area contributed by atoms with Crippen molar-refractivity contribution in [3.8, 4) is 5.75 Å². The highest BCUT2D eigenvalue weighted by Gasteiger charge is 2.24. The number of rotatable bonds is 6. The van der Waals surface area contributed by atoms with Crippen molar-refractivity contribution in [3.63, 3.8) is 0 Å². The fourth-order valence-corrected chi connectivity index (χ4v) is 3.04. The molecule has 0 saturated carbocycles. The van der Waals surface area contributed by atoms with Crippen molar-refractivity contribution in [3.05, 3.63) is 48.8 Å². The normalized spacial score (nSPS) is 17.7. The van der Waals surface area contributed by atoms with E-state index in [0.717, 1.165) is 25.9 Å². The van der Waals surface area contributed by atoms with Crippen LogP contribution in [-0.2, 0) is 4.79 Å². The van der Waals surface area contributed by atoms with Crippen LogP contribution in [0.4, 0.5) is 4.39 Å². The predicted octanol–water partition coefficient (Wildman–Crippen LogP) is 3.04. The van der Waals surface area contributed by atoms with Crippen molar-refractivity contribution in [2.75, 3.05) is 19.7 Å². The van der Waals surface area contributed by atoms with Crippen molar-refractivity contribution in [1.29, 1.82) is 0 Å². The van der Waals surface area contributed by atoms with E-state index >= 15 is 0 Å². The van der Waals surface area contributed by atoms with Crippen LogP contribution in [-0.4, -0.2) is 40.1 Å². The number of nitrogens with zero attached hydrogens (tertiary/aromatic N) is 3. The van der Waals surface area contributed by atoms with E-state index in [1.54, 1.807) is 30.7 Å². The smallest absolute Gasteiger partial charge is 0.222 e. The molecule has 1 aromatic carbocycles. The molecule has 1 saturated heterocycles. The molecular weight excluding hydrogens is 309 g/mol. The molecule has 24 heavy (non-hydrogen) atoms. The van der Waals surface area contributed by atoms with Crippen molar-refractivity contribution >= 4 is 5.91 Å². The first-order valence-corrected chi connectivity index (χ1v) is 8.36. The van der Waals surface area contributed by atoms with Crippen LogP contribution in [0.2, 0.25) is 0 Å². The number of para-hydroxylation sites is 1. The quantitative estimate of drug-likeness (QED) is 0.765. The number of hydrogen-bond donors (Lipinski definition) is 0. The van der Waals surface area contributed by atoms with E-state index in [1.165, 1.54) is 6.07 Å². The van der Waals surface area contributed by atoms with Crippen LogP contribution in [0.15, 0.2) is 43.0 Å². The topological polar surface area (TPSA) is 47.4 Å². The molecule has 1 amide bonds. The fraction of sp³-hybridized carbons (Fsp3) is 0.444. The van der Waals surface area contributed by atoms with Crippen molar-refractivity contribution in [1.82, 2.24) is 14.5 Å². The zero-order chi connectivity index (χ0) is 16.8. The van der Waals surface area contributed by atoms with Crippen molar-refractivity contribution < 1.29 is 13.9 Å². The Morgan fingerprint density at radius 3 is 3.04 bits per heavy atom. The molecule has 1 unspecified atom stereocenters. The van der Waals surface area contributed by atoms with E-state index in [2.05, 4.69) is 9.55 Å². The van der Waals surface area contributed by atoms with Crippen LogP contribution >= 0.6 is 0 Å².